The number of benzene rings is 1. The van der Waals surface area contributed by atoms with Gasteiger partial charge in [-0.05, 0) is 48.6 Å². The van der Waals surface area contributed by atoms with Gasteiger partial charge in [0.25, 0.3) is 5.91 Å². The van der Waals surface area contributed by atoms with E-state index in [-0.39, 0.29) is 5.91 Å². The van der Waals surface area contributed by atoms with Crippen molar-refractivity contribution in [3.05, 3.63) is 56.2 Å². The molecule has 0 radical (unpaired) electrons. The lowest BCUT2D eigenvalue weighted by atomic mass is 10.1. The summed E-state index contributed by atoms with van der Waals surface area (Å²) in [6.45, 7) is 3.92. The molecule has 19 heavy (non-hydrogen) atoms. The molecule has 0 saturated carbocycles. The summed E-state index contributed by atoms with van der Waals surface area (Å²) >= 11 is 7.59. The molecule has 0 aliphatic rings. The van der Waals surface area contributed by atoms with Crippen molar-refractivity contribution in [3.63, 3.8) is 0 Å². The molecular formula is C14H13ClN2OS. The van der Waals surface area contributed by atoms with Crippen LogP contribution in [0.5, 0.6) is 0 Å². The molecule has 0 spiro atoms. The Kier molecular flexibility index (Phi) is 4.35. The van der Waals surface area contributed by atoms with E-state index >= 15 is 0 Å². The van der Waals surface area contributed by atoms with E-state index in [0.717, 1.165) is 16.0 Å². The summed E-state index contributed by atoms with van der Waals surface area (Å²) in [7, 11) is 0. The molecule has 0 aliphatic carbocycles. The summed E-state index contributed by atoms with van der Waals surface area (Å²) in [5.41, 5.74) is 5.05. The van der Waals surface area contributed by atoms with Gasteiger partial charge in [0.1, 0.15) is 0 Å². The average Bonchev–Trinajstić information content (AvgIpc) is 2.75. The smallest absolute Gasteiger partial charge is 0.267 e. The number of rotatable bonds is 3. The molecule has 0 bridgehead atoms. The van der Waals surface area contributed by atoms with Crippen LogP contribution in [0.25, 0.3) is 0 Å². The standard InChI is InChI=1S/C14H13ClN2OS/c1-9-3-4-11(12(15)7-9)14(18)17-16-8-13-10(2)5-6-19-13/h3-8H,1-2H3,(H,17,18)/b16-8+. The summed E-state index contributed by atoms with van der Waals surface area (Å²) in [6, 6.07) is 7.29. The van der Waals surface area contributed by atoms with Crippen molar-refractivity contribution in [2.24, 2.45) is 5.10 Å². The number of hydrazone groups is 1. The Hall–Kier alpha value is -1.65. The zero-order chi connectivity index (χ0) is 13.8. The van der Waals surface area contributed by atoms with Crippen LogP contribution in [0, 0.1) is 13.8 Å². The molecule has 1 heterocycles. The molecule has 2 aromatic rings. The van der Waals surface area contributed by atoms with Gasteiger partial charge in [-0.2, -0.15) is 5.10 Å². The summed E-state index contributed by atoms with van der Waals surface area (Å²) < 4.78 is 0. The fourth-order valence-corrected chi connectivity index (χ4v) is 2.64. The Morgan fingerprint density at radius 1 is 1.37 bits per heavy atom. The van der Waals surface area contributed by atoms with E-state index in [4.69, 9.17) is 11.6 Å². The summed E-state index contributed by atoms with van der Waals surface area (Å²) in [5, 5.41) is 6.35. The molecule has 5 heteroatoms. The van der Waals surface area contributed by atoms with Crippen molar-refractivity contribution in [2.75, 3.05) is 0 Å². The first kappa shape index (κ1) is 13.8. The maximum atomic E-state index is 11.9. The van der Waals surface area contributed by atoms with Crippen molar-refractivity contribution in [1.82, 2.24) is 5.43 Å². The Balaban J connectivity index is 2.06. The van der Waals surface area contributed by atoms with Gasteiger partial charge in [0.2, 0.25) is 0 Å². The van der Waals surface area contributed by atoms with Crippen molar-refractivity contribution in [1.29, 1.82) is 0 Å². The number of halogens is 1. The minimum Gasteiger partial charge on any atom is -0.267 e. The third-order valence-corrected chi connectivity index (χ3v) is 3.89. The van der Waals surface area contributed by atoms with Crippen molar-refractivity contribution >= 4 is 35.1 Å². The van der Waals surface area contributed by atoms with Crippen LogP contribution >= 0.6 is 22.9 Å². The van der Waals surface area contributed by atoms with Gasteiger partial charge in [0.05, 0.1) is 16.8 Å². The van der Waals surface area contributed by atoms with E-state index < -0.39 is 0 Å². The van der Waals surface area contributed by atoms with Crippen LogP contribution < -0.4 is 5.43 Å². The molecule has 98 valence electrons. The zero-order valence-corrected chi connectivity index (χ0v) is 12.2. The second kappa shape index (κ2) is 5.99. The first-order valence-corrected chi connectivity index (χ1v) is 6.97. The number of hydrogen-bond acceptors (Lipinski definition) is 3. The lowest BCUT2D eigenvalue weighted by Crippen LogP contribution is -2.18. The van der Waals surface area contributed by atoms with E-state index in [2.05, 4.69) is 10.5 Å². The molecule has 1 aromatic heterocycles. The average molecular weight is 293 g/mol. The molecular weight excluding hydrogens is 280 g/mol. The molecule has 1 N–H and O–H groups in total. The van der Waals surface area contributed by atoms with Crippen LogP contribution in [0.4, 0.5) is 0 Å². The molecule has 1 aromatic carbocycles. The largest absolute Gasteiger partial charge is 0.272 e. The molecule has 2 rings (SSSR count). The summed E-state index contributed by atoms with van der Waals surface area (Å²) in [4.78, 5) is 12.9. The molecule has 0 fully saturated rings. The zero-order valence-electron chi connectivity index (χ0n) is 10.6. The Bertz CT molecular complexity index is 634. The van der Waals surface area contributed by atoms with Crippen molar-refractivity contribution in [2.45, 2.75) is 13.8 Å². The van der Waals surface area contributed by atoms with Gasteiger partial charge in [-0.25, -0.2) is 5.43 Å². The number of carbonyl (C=O) groups excluding carboxylic acids is 1. The predicted molar refractivity (Wildman–Crippen MR) is 80.3 cm³/mol. The normalized spacial score (nSPS) is 10.9. The van der Waals surface area contributed by atoms with E-state index in [0.29, 0.717) is 10.6 Å². The number of nitrogens with one attached hydrogen (secondary N) is 1. The van der Waals surface area contributed by atoms with Crippen LogP contribution in [0.2, 0.25) is 5.02 Å². The van der Waals surface area contributed by atoms with Crippen molar-refractivity contribution < 1.29 is 4.79 Å². The monoisotopic (exact) mass is 292 g/mol. The second-order valence-corrected chi connectivity index (χ2v) is 5.51. The van der Waals surface area contributed by atoms with Gasteiger partial charge < -0.3 is 0 Å². The van der Waals surface area contributed by atoms with Crippen LogP contribution in [0.1, 0.15) is 26.4 Å². The highest BCUT2D eigenvalue weighted by Gasteiger charge is 2.09. The minimum absolute atomic E-state index is 0.310. The van der Waals surface area contributed by atoms with Gasteiger partial charge in [-0.15, -0.1) is 11.3 Å². The van der Waals surface area contributed by atoms with Crippen molar-refractivity contribution in [3.8, 4) is 0 Å². The van der Waals surface area contributed by atoms with E-state index in [1.807, 2.05) is 31.4 Å². The number of hydrogen-bond donors (Lipinski definition) is 1. The third kappa shape index (κ3) is 3.43. The Morgan fingerprint density at radius 2 is 2.16 bits per heavy atom. The number of thiophene rings is 1. The minimum atomic E-state index is -0.310. The summed E-state index contributed by atoms with van der Waals surface area (Å²) in [6.07, 6.45) is 1.64. The van der Waals surface area contributed by atoms with E-state index in [1.165, 1.54) is 0 Å². The number of amides is 1. The van der Waals surface area contributed by atoms with Crippen LogP contribution in [0.3, 0.4) is 0 Å². The first-order valence-electron chi connectivity index (χ1n) is 5.71. The lowest BCUT2D eigenvalue weighted by molar-refractivity contribution is 0.0955. The lowest BCUT2D eigenvalue weighted by Gasteiger charge is -2.03. The number of nitrogens with zero attached hydrogens (tertiary/aromatic N) is 1. The molecule has 0 unspecified atom stereocenters. The number of carbonyl (C=O) groups is 1. The van der Waals surface area contributed by atoms with E-state index in [9.17, 15) is 4.79 Å². The number of aryl methyl sites for hydroxylation is 2. The van der Waals surface area contributed by atoms with Gasteiger partial charge in [-0.3, -0.25) is 4.79 Å². The fourth-order valence-electron chi connectivity index (χ4n) is 1.53. The predicted octanol–water partition coefficient (Wildman–Crippen LogP) is 3.78. The van der Waals surface area contributed by atoms with Gasteiger partial charge >= 0.3 is 0 Å². The highest BCUT2D eigenvalue weighted by Crippen LogP contribution is 2.17. The highest BCUT2D eigenvalue weighted by molar-refractivity contribution is 7.11. The molecule has 0 atom stereocenters. The Labute approximate surface area is 120 Å². The van der Waals surface area contributed by atoms with Crippen LogP contribution in [-0.4, -0.2) is 12.1 Å². The van der Waals surface area contributed by atoms with Crippen LogP contribution in [-0.2, 0) is 0 Å². The maximum absolute atomic E-state index is 11.9. The molecule has 0 aliphatic heterocycles. The summed E-state index contributed by atoms with van der Waals surface area (Å²) in [5.74, 6) is -0.310. The van der Waals surface area contributed by atoms with Gasteiger partial charge in [-0.1, -0.05) is 17.7 Å². The highest BCUT2D eigenvalue weighted by atomic mass is 35.5. The quantitative estimate of drug-likeness (QED) is 0.679. The Morgan fingerprint density at radius 3 is 2.79 bits per heavy atom. The van der Waals surface area contributed by atoms with E-state index in [1.54, 1.807) is 29.7 Å². The molecule has 0 saturated heterocycles. The van der Waals surface area contributed by atoms with Crippen LogP contribution in [0.15, 0.2) is 34.7 Å². The molecule has 1 amide bonds. The second-order valence-electron chi connectivity index (χ2n) is 4.15. The first-order chi connectivity index (χ1) is 9.08. The maximum Gasteiger partial charge on any atom is 0.272 e. The topological polar surface area (TPSA) is 41.5 Å². The van der Waals surface area contributed by atoms with Gasteiger partial charge in [0.15, 0.2) is 0 Å². The third-order valence-electron chi connectivity index (χ3n) is 2.62. The molecule has 3 nitrogen and oxygen atoms in total. The SMILES string of the molecule is Cc1ccc(C(=O)N/N=C/c2sccc2C)c(Cl)c1. The fraction of sp³-hybridized carbons (Fsp3) is 0.143. The van der Waals surface area contributed by atoms with Gasteiger partial charge in [0, 0.05) is 4.88 Å².